The van der Waals surface area contributed by atoms with Crippen LogP contribution in [0.2, 0.25) is 0 Å². The zero-order valence-corrected chi connectivity index (χ0v) is 5.09. The minimum atomic E-state index is 0. The van der Waals surface area contributed by atoms with Crippen LogP contribution in [0.4, 0.5) is 0 Å². The van der Waals surface area contributed by atoms with Gasteiger partial charge in [0.1, 0.15) is 0 Å². The van der Waals surface area contributed by atoms with E-state index in [-0.39, 0.29) is 20.4 Å². The van der Waals surface area contributed by atoms with E-state index in [2.05, 4.69) is 0 Å². The number of rotatable bonds is 0. The zero-order valence-electron chi connectivity index (χ0n) is 2.38. The van der Waals surface area contributed by atoms with Gasteiger partial charge in [-0.3, -0.25) is 0 Å². The molecule has 1 heteroatoms. The van der Waals surface area contributed by atoms with Crippen LogP contribution in [0.1, 0.15) is 6.92 Å². The maximum Gasteiger partial charge on any atom is 0 e. The molecule has 0 aliphatic heterocycles. The van der Waals surface area contributed by atoms with Crippen LogP contribution < -0.4 is 0 Å². The Hall–Kier alpha value is 0.222. The van der Waals surface area contributed by atoms with Crippen molar-refractivity contribution in [1.82, 2.24) is 0 Å². The largest absolute Gasteiger partial charge is 0.694 e. The van der Waals surface area contributed by atoms with Gasteiger partial charge in [-0.25, -0.2) is 0 Å². The minimum absolute atomic E-state index is 0. The van der Waals surface area contributed by atoms with Crippen molar-refractivity contribution in [3.05, 3.63) is 6.42 Å². The molecule has 0 aliphatic rings. The van der Waals surface area contributed by atoms with Gasteiger partial charge in [-0.1, -0.05) is 0 Å². The van der Waals surface area contributed by atoms with Crippen LogP contribution in [-0.2, 0) is 20.4 Å². The molecule has 0 aromatic rings. The molecular formula is C3H3Re-. The van der Waals surface area contributed by atoms with Gasteiger partial charge in [0.25, 0.3) is 0 Å². The Labute approximate surface area is 40.2 Å². The summed E-state index contributed by atoms with van der Waals surface area (Å²) >= 11 is 0. The average molecular weight is 225 g/mol. The summed E-state index contributed by atoms with van der Waals surface area (Å²) < 4.78 is 0. The van der Waals surface area contributed by atoms with Crippen LogP contribution >= 0.6 is 0 Å². The first kappa shape index (κ1) is 8.88. The van der Waals surface area contributed by atoms with E-state index in [1.807, 2.05) is 5.92 Å². The molecule has 0 bridgehead atoms. The molecular weight excluding hydrogens is 222 g/mol. The summed E-state index contributed by atoms with van der Waals surface area (Å²) in [5.74, 6) is 2.00. The number of hydrogen-bond donors (Lipinski definition) is 0. The summed E-state index contributed by atoms with van der Waals surface area (Å²) in [7, 11) is 0. The van der Waals surface area contributed by atoms with Gasteiger partial charge in [0.05, 0.1) is 0 Å². The van der Waals surface area contributed by atoms with Crippen LogP contribution in [0.3, 0.4) is 0 Å². The average Bonchev–Trinajstić information content (AvgIpc) is 0.918. The molecule has 0 N–H and O–H groups in total. The third-order valence-corrected chi connectivity index (χ3v) is 0. The van der Waals surface area contributed by atoms with E-state index in [9.17, 15) is 0 Å². The summed E-state index contributed by atoms with van der Waals surface area (Å²) in [4.78, 5) is 0. The van der Waals surface area contributed by atoms with E-state index < -0.39 is 0 Å². The second-order valence-electron chi connectivity index (χ2n) is 0.250. The van der Waals surface area contributed by atoms with Gasteiger partial charge in [0.2, 0.25) is 0 Å². The Kier molecular flexibility index (Phi) is 23.6. The SMILES string of the molecule is [C-]#CC.[Re]. The monoisotopic (exact) mass is 226 g/mol. The van der Waals surface area contributed by atoms with E-state index in [0.717, 1.165) is 0 Å². The Morgan fingerprint density at radius 2 is 1.75 bits per heavy atom. The van der Waals surface area contributed by atoms with Gasteiger partial charge in [-0.15, -0.1) is 0 Å². The van der Waals surface area contributed by atoms with Crippen molar-refractivity contribution in [2.24, 2.45) is 0 Å². The van der Waals surface area contributed by atoms with Gasteiger partial charge < -0.3 is 12.3 Å². The van der Waals surface area contributed by atoms with Crippen molar-refractivity contribution in [3.8, 4) is 5.92 Å². The smallest absolute Gasteiger partial charge is 0 e. The fourth-order valence-corrected chi connectivity index (χ4v) is 0. The summed E-state index contributed by atoms with van der Waals surface area (Å²) in [5, 5.41) is 0. The molecule has 0 unspecified atom stereocenters. The number of hydrogen-bond acceptors (Lipinski definition) is 0. The third-order valence-electron chi connectivity index (χ3n) is 0. The maximum atomic E-state index is 5.96. The van der Waals surface area contributed by atoms with Crippen molar-refractivity contribution in [2.75, 3.05) is 0 Å². The predicted octanol–water partition coefficient (Wildman–Crippen LogP) is 0.594. The molecule has 23 valence electrons. The molecule has 0 saturated heterocycles. The van der Waals surface area contributed by atoms with E-state index in [1.165, 1.54) is 0 Å². The van der Waals surface area contributed by atoms with Crippen molar-refractivity contribution in [1.29, 1.82) is 0 Å². The van der Waals surface area contributed by atoms with Crippen molar-refractivity contribution in [2.45, 2.75) is 6.92 Å². The maximum absolute atomic E-state index is 5.96. The minimum Gasteiger partial charge on any atom is -0.694 e. The van der Waals surface area contributed by atoms with Gasteiger partial charge in [0, 0.05) is 20.4 Å². The van der Waals surface area contributed by atoms with Gasteiger partial charge in [-0.05, 0) is 6.92 Å². The van der Waals surface area contributed by atoms with E-state index >= 15 is 0 Å². The Balaban J connectivity index is 0. The van der Waals surface area contributed by atoms with Crippen molar-refractivity contribution >= 4 is 0 Å². The third kappa shape index (κ3) is 67.2. The Morgan fingerprint density at radius 3 is 1.75 bits per heavy atom. The van der Waals surface area contributed by atoms with Crippen LogP contribution in [-0.4, -0.2) is 0 Å². The molecule has 0 spiro atoms. The van der Waals surface area contributed by atoms with Crippen LogP contribution in [0.15, 0.2) is 0 Å². The normalized spacial score (nSPS) is 2.00. The first-order valence-corrected chi connectivity index (χ1v) is 0.750. The molecule has 0 heterocycles. The molecule has 0 amide bonds. The molecule has 0 aliphatic carbocycles. The topological polar surface area (TPSA) is 0 Å². The van der Waals surface area contributed by atoms with Gasteiger partial charge in [-0.2, -0.15) is 0 Å². The summed E-state index contributed by atoms with van der Waals surface area (Å²) in [6, 6.07) is 0. The summed E-state index contributed by atoms with van der Waals surface area (Å²) in [6.45, 7) is 1.54. The summed E-state index contributed by atoms with van der Waals surface area (Å²) in [6.07, 6.45) is 5.96. The van der Waals surface area contributed by atoms with Gasteiger partial charge in [0.15, 0.2) is 0 Å². The molecule has 0 atom stereocenters. The van der Waals surface area contributed by atoms with Crippen molar-refractivity contribution < 1.29 is 20.4 Å². The second kappa shape index (κ2) is 10.7. The van der Waals surface area contributed by atoms with Crippen LogP contribution in [0.5, 0.6) is 0 Å². The quantitative estimate of drug-likeness (QED) is 0.418. The molecule has 0 aromatic heterocycles. The second-order valence-corrected chi connectivity index (χ2v) is 0.250. The first-order valence-electron chi connectivity index (χ1n) is 0.750. The first-order chi connectivity index (χ1) is 1.41. The van der Waals surface area contributed by atoms with E-state index in [0.29, 0.717) is 0 Å². The standard InChI is InChI=1S/C3H3.Re/c1-3-2;/h1H3;/q-1;. The Bertz CT molecular complexity index is 24.8. The van der Waals surface area contributed by atoms with E-state index in [1.54, 1.807) is 6.92 Å². The molecule has 0 fully saturated rings. The zero-order chi connectivity index (χ0) is 2.71. The molecule has 0 rings (SSSR count). The van der Waals surface area contributed by atoms with Crippen molar-refractivity contribution in [3.63, 3.8) is 0 Å². The fraction of sp³-hybridized carbons (Fsp3) is 0.333. The molecule has 0 nitrogen and oxygen atoms in total. The summed E-state index contributed by atoms with van der Waals surface area (Å²) in [5.41, 5.74) is 0. The predicted molar refractivity (Wildman–Crippen MR) is 12.8 cm³/mol. The van der Waals surface area contributed by atoms with E-state index in [4.69, 9.17) is 6.42 Å². The fourth-order valence-electron chi connectivity index (χ4n) is 0. The molecule has 0 saturated carbocycles. The molecule has 1 radical (unpaired) electrons. The Morgan fingerprint density at radius 1 is 1.75 bits per heavy atom. The molecule has 4 heavy (non-hydrogen) atoms. The van der Waals surface area contributed by atoms with Crippen LogP contribution in [0, 0.1) is 12.3 Å². The molecule has 0 aromatic carbocycles. The van der Waals surface area contributed by atoms with Crippen LogP contribution in [0.25, 0.3) is 0 Å². The van der Waals surface area contributed by atoms with Gasteiger partial charge >= 0.3 is 0 Å².